The maximum atomic E-state index is 12.9. The molecule has 1 aromatic heterocycles. The summed E-state index contributed by atoms with van der Waals surface area (Å²) in [4.78, 5) is 12.8. The third-order valence-corrected chi connectivity index (χ3v) is 5.20. The summed E-state index contributed by atoms with van der Waals surface area (Å²) in [5, 5.41) is 19.7. The normalized spacial score (nSPS) is 19.8. The molecule has 30 heavy (non-hydrogen) atoms. The Balaban J connectivity index is 1.85. The minimum absolute atomic E-state index is 0.0574. The summed E-state index contributed by atoms with van der Waals surface area (Å²) < 4.78 is 44.0. The molecular formula is C21H26F3N3O3. The quantitative estimate of drug-likeness (QED) is 0.654. The van der Waals surface area contributed by atoms with E-state index in [0.717, 1.165) is 12.1 Å². The van der Waals surface area contributed by atoms with Crippen LogP contribution in [0.2, 0.25) is 0 Å². The van der Waals surface area contributed by atoms with Crippen molar-refractivity contribution >= 4 is 5.91 Å². The molecule has 0 saturated heterocycles. The summed E-state index contributed by atoms with van der Waals surface area (Å²) in [6.07, 6.45) is -2.15. The number of carbonyl (C=O) groups is 1. The fourth-order valence-corrected chi connectivity index (χ4v) is 3.47. The molecule has 1 saturated carbocycles. The van der Waals surface area contributed by atoms with Crippen LogP contribution in [0.3, 0.4) is 0 Å². The van der Waals surface area contributed by atoms with Crippen LogP contribution in [0.15, 0.2) is 28.8 Å². The molecule has 6 nitrogen and oxygen atoms in total. The molecule has 0 atom stereocenters. The number of rotatable bonds is 6. The Morgan fingerprint density at radius 2 is 1.83 bits per heavy atom. The highest BCUT2D eigenvalue weighted by Gasteiger charge is 2.31. The highest BCUT2D eigenvalue weighted by Crippen LogP contribution is 2.33. The molecule has 3 N–H and O–H groups in total. The lowest BCUT2D eigenvalue weighted by Crippen LogP contribution is -2.39. The fraction of sp³-hybridized carbons (Fsp3) is 0.524. The average Bonchev–Trinajstić information content (AvgIpc) is 3.11. The lowest BCUT2D eigenvalue weighted by atomic mass is 9.93. The number of nitrogens with zero attached hydrogens (tertiary/aromatic N) is 1. The molecular weight excluding hydrogens is 399 g/mol. The first-order chi connectivity index (χ1) is 14.1. The molecule has 0 aliphatic heterocycles. The van der Waals surface area contributed by atoms with Gasteiger partial charge in [0.05, 0.1) is 11.7 Å². The summed E-state index contributed by atoms with van der Waals surface area (Å²) >= 11 is 0. The highest BCUT2D eigenvalue weighted by molar-refractivity contribution is 5.95. The largest absolute Gasteiger partial charge is 0.416 e. The molecule has 0 radical (unpaired) electrons. The van der Waals surface area contributed by atoms with Crippen molar-refractivity contribution in [2.45, 2.75) is 70.4 Å². The third-order valence-electron chi connectivity index (χ3n) is 5.20. The van der Waals surface area contributed by atoms with E-state index in [2.05, 4.69) is 15.8 Å². The van der Waals surface area contributed by atoms with Gasteiger partial charge in [-0.2, -0.15) is 13.2 Å². The predicted octanol–water partition coefficient (Wildman–Crippen LogP) is 3.89. The number of amides is 1. The Hall–Kier alpha value is -2.39. The predicted molar refractivity (Wildman–Crippen MR) is 105 cm³/mol. The van der Waals surface area contributed by atoms with Gasteiger partial charge in [-0.05, 0) is 37.8 Å². The van der Waals surface area contributed by atoms with Crippen LogP contribution < -0.4 is 10.6 Å². The maximum absolute atomic E-state index is 12.9. The second kappa shape index (κ2) is 9.18. The first-order valence-corrected chi connectivity index (χ1v) is 10.0. The fourth-order valence-electron chi connectivity index (χ4n) is 3.47. The van der Waals surface area contributed by atoms with Crippen molar-refractivity contribution in [3.63, 3.8) is 0 Å². The van der Waals surface area contributed by atoms with Gasteiger partial charge in [0.1, 0.15) is 0 Å². The van der Waals surface area contributed by atoms with Gasteiger partial charge in [0.25, 0.3) is 5.91 Å². The van der Waals surface area contributed by atoms with Crippen molar-refractivity contribution in [2.24, 2.45) is 0 Å². The zero-order chi connectivity index (χ0) is 21.9. The van der Waals surface area contributed by atoms with E-state index in [0.29, 0.717) is 36.8 Å². The molecule has 1 fully saturated rings. The number of aliphatic hydroxyl groups excluding tert-OH is 1. The minimum atomic E-state index is -4.43. The molecule has 3 rings (SSSR count). The van der Waals surface area contributed by atoms with Crippen LogP contribution in [-0.2, 0) is 12.7 Å². The summed E-state index contributed by atoms with van der Waals surface area (Å²) in [7, 11) is 0. The Morgan fingerprint density at radius 1 is 1.20 bits per heavy atom. The number of carbonyl (C=O) groups excluding carboxylic acids is 1. The third kappa shape index (κ3) is 5.40. The molecule has 1 aliphatic rings. The molecule has 1 aromatic carbocycles. The van der Waals surface area contributed by atoms with E-state index in [-0.39, 0.29) is 42.1 Å². The molecule has 2 aromatic rings. The first-order valence-electron chi connectivity index (χ1n) is 10.0. The lowest BCUT2D eigenvalue weighted by molar-refractivity contribution is -0.137. The van der Waals surface area contributed by atoms with E-state index in [1.54, 1.807) is 0 Å². The van der Waals surface area contributed by atoms with Crippen LogP contribution in [-0.4, -0.2) is 34.4 Å². The van der Waals surface area contributed by atoms with Gasteiger partial charge in [-0.15, -0.1) is 0 Å². The lowest BCUT2D eigenvalue weighted by Gasteiger charge is -2.25. The monoisotopic (exact) mass is 425 g/mol. The van der Waals surface area contributed by atoms with Gasteiger partial charge in [-0.25, -0.2) is 0 Å². The van der Waals surface area contributed by atoms with Gasteiger partial charge in [0, 0.05) is 29.8 Å². The topological polar surface area (TPSA) is 87.4 Å². The number of benzene rings is 1. The molecule has 9 heteroatoms. The van der Waals surface area contributed by atoms with Gasteiger partial charge in [-0.3, -0.25) is 4.79 Å². The molecule has 0 unspecified atom stereocenters. The van der Waals surface area contributed by atoms with Crippen LogP contribution in [0.25, 0.3) is 11.3 Å². The average molecular weight is 425 g/mol. The Morgan fingerprint density at radius 3 is 2.40 bits per heavy atom. The van der Waals surface area contributed by atoms with E-state index < -0.39 is 11.7 Å². The summed E-state index contributed by atoms with van der Waals surface area (Å²) in [6.45, 7) is 4.17. The standard InChI is InChI=1S/C21H26F3N3O3/c1-12(2)25-11-17-18(20(29)26-15-7-9-16(28)10-8-15)27-30-19(17)13-3-5-14(6-4-13)21(22,23)24/h3-6,12,15-16,25,28H,7-11H2,1-2H3,(H,26,29)/t15-,16-. The van der Waals surface area contributed by atoms with Crippen molar-refractivity contribution in [1.29, 1.82) is 0 Å². The minimum Gasteiger partial charge on any atom is -0.393 e. The number of hydrogen-bond donors (Lipinski definition) is 3. The number of hydrogen-bond acceptors (Lipinski definition) is 5. The van der Waals surface area contributed by atoms with Crippen molar-refractivity contribution in [2.75, 3.05) is 0 Å². The Bertz CT molecular complexity index is 855. The number of aliphatic hydroxyl groups is 1. The Labute approximate surface area is 172 Å². The SMILES string of the molecule is CC(C)NCc1c(C(=O)N[C@H]2CC[C@H](O)CC2)noc1-c1ccc(C(F)(F)F)cc1. The van der Waals surface area contributed by atoms with Gasteiger partial charge in [0.2, 0.25) is 0 Å². The zero-order valence-electron chi connectivity index (χ0n) is 16.9. The van der Waals surface area contributed by atoms with Crippen molar-refractivity contribution in [3.05, 3.63) is 41.1 Å². The van der Waals surface area contributed by atoms with E-state index in [1.807, 2.05) is 13.8 Å². The molecule has 1 amide bonds. The van der Waals surface area contributed by atoms with Crippen molar-refractivity contribution < 1.29 is 27.6 Å². The molecule has 164 valence electrons. The summed E-state index contributed by atoms with van der Waals surface area (Å²) in [5.41, 5.74) is 0.266. The number of alkyl halides is 3. The zero-order valence-corrected chi connectivity index (χ0v) is 16.9. The maximum Gasteiger partial charge on any atom is 0.416 e. The van der Waals surface area contributed by atoms with Gasteiger partial charge in [-0.1, -0.05) is 31.1 Å². The number of nitrogens with one attached hydrogen (secondary N) is 2. The van der Waals surface area contributed by atoms with Crippen LogP contribution in [0.1, 0.15) is 61.1 Å². The van der Waals surface area contributed by atoms with Crippen LogP contribution >= 0.6 is 0 Å². The van der Waals surface area contributed by atoms with Crippen LogP contribution in [0.5, 0.6) is 0 Å². The van der Waals surface area contributed by atoms with Crippen LogP contribution in [0, 0.1) is 0 Å². The van der Waals surface area contributed by atoms with Crippen molar-refractivity contribution in [1.82, 2.24) is 15.8 Å². The summed E-state index contributed by atoms with van der Waals surface area (Å²) in [5.74, 6) is -0.125. The molecule has 0 spiro atoms. The van der Waals surface area contributed by atoms with E-state index in [1.165, 1.54) is 12.1 Å². The Kier molecular flexibility index (Phi) is 6.82. The van der Waals surface area contributed by atoms with Gasteiger partial charge >= 0.3 is 6.18 Å². The molecule has 1 heterocycles. The van der Waals surface area contributed by atoms with Crippen molar-refractivity contribution in [3.8, 4) is 11.3 Å². The highest BCUT2D eigenvalue weighted by atomic mass is 19.4. The second-order valence-electron chi connectivity index (χ2n) is 7.93. The summed E-state index contributed by atoms with van der Waals surface area (Å²) in [6, 6.07) is 4.64. The van der Waals surface area contributed by atoms with E-state index in [9.17, 15) is 23.1 Å². The van der Waals surface area contributed by atoms with Crippen LogP contribution in [0.4, 0.5) is 13.2 Å². The van der Waals surface area contributed by atoms with E-state index in [4.69, 9.17) is 4.52 Å². The molecule has 0 bridgehead atoms. The van der Waals surface area contributed by atoms with Gasteiger partial charge in [0.15, 0.2) is 11.5 Å². The van der Waals surface area contributed by atoms with E-state index >= 15 is 0 Å². The molecule has 1 aliphatic carbocycles. The number of aromatic nitrogens is 1. The number of halogens is 3. The van der Waals surface area contributed by atoms with Gasteiger partial charge < -0.3 is 20.3 Å². The second-order valence-corrected chi connectivity index (χ2v) is 7.93. The first kappa shape index (κ1) is 22.3. The smallest absolute Gasteiger partial charge is 0.393 e.